The Balaban J connectivity index is 3.03. The lowest BCUT2D eigenvalue weighted by Gasteiger charge is -2.01. The minimum atomic E-state index is -0.876. The third-order valence-electron chi connectivity index (χ3n) is 2.05. The lowest BCUT2D eigenvalue weighted by atomic mass is 10.2. The third kappa shape index (κ3) is 1.75. The number of ether oxygens (including phenoxy) is 1. The molecule has 0 saturated heterocycles. The van der Waals surface area contributed by atoms with E-state index in [1.807, 2.05) is 4.98 Å². The molecule has 8 nitrogen and oxygen atoms in total. The second-order valence-electron chi connectivity index (χ2n) is 3.08. The van der Waals surface area contributed by atoms with Crippen molar-refractivity contribution in [3.63, 3.8) is 0 Å². The number of carbonyl (C=O) groups excluding carboxylic acids is 1. The number of carbonyl (C=O) groups is 1. The molecule has 0 radical (unpaired) electrons. The molecule has 2 aromatic heterocycles. The molecule has 0 saturated carbocycles. The van der Waals surface area contributed by atoms with Gasteiger partial charge in [-0.15, -0.1) is 0 Å². The standard InChI is InChI=1S/C9H6N2O6/c1-16-8(14)3-2-4(12)17-7-5(3)6(13)10-9(15)11-7/h2H,1H3,(H2,10,11,13,15). The Morgan fingerprint density at radius 1 is 1.29 bits per heavy atom. The molecule has 0 spiro atoms. The molecule has 8 heteroatoms. The van der Waals surface area contributed by atoms with Gasteiger partial charge in [0.2, 0.25) is 5.71 Å². The van der Waals surface area contributed by atoms with E-state index < -0.39 is 22.8 Å². The van der Waals surface area contributed by atoms with Crippen LogP contribution in [0.3, 0.4) is 0 Å². The van der Waals surface area contributed by atoms with Gasteiger partial charge in [-0.25, -0.2) is 14.4 Å². The molecule has 0 amide bonds. The molecule has 0 aliphatic heterocycles. The number of H-pyrrole nitrogens is 2. The Labute approximate surface area is 91.8 Å². The number of fused-ring (bicyclic) bond motifs is 1. The van der Waals surface area contributed by atoms with Gasteiger partial charge in [-0.2, -0.15) is 0 Å². The number of methoxy groups -OCH3 is 1. The quantitative estimate of drug-likeness (QED) is 0.611. The largest absolute Gasteiger partial charge is 0.465 e. The number of aromatic amines is 2. The van der Waals surface area contributed by atoms with Gasteiger partial charge in [0, 0.05) is 6.07 Å². The van der Waals surface area contributed by atoms with Crippen molar-refractivity contribution in [1.82, 2.24) is 9.97 Å². The molecule has 2 rings (SSSR count). The maximum Gasteiger partial charge on any atom is 0.339 e. The molecule has 0 fully saturated rings. The van der Waals surface area contributed by atoms with Crippen molar-refractivity contribution in [2.75, 3.05) is 7.11 Å². The van der Waals surface area contributed by atoms with E-state index in [4.69, 9.17) is 0 Å². The van der Waals surface area contributed by atoms with Gasteiger partial charge in [0.05, 0.1) is 12.7 Å². The fraction of sp³-hybridized carbons (Fsp3) is 0.111. The van der Waals surface area contributed by atoms with Crippen molar-refractivity contribution < 1.29 is 13.9 Å². The molecule has 0 aliphatic carbocycles. The predicted octanol–water partition coefficient (Wildman–Crippen LogP) is -1.04. The average Bonchev–Trinajstić information content (AvgIpc) is 2.25. The van der Waals surface area contributed by atoms with Crippen molar-refractivity contribution in [3.05, 3.63) is 42.9 Å². The zero-order valence-corrected chi connectivity index (χ0v) is 8.53. The Bertz CT molecular complexity index is 760. The van der Waals surface area contributed by atoms with Crippen LogP contribution in [-0.4, -0.2) is 23.0 Å². The van der Waals surface area contributed by atoms with E-state index in [0.29, 0.717) is 0 Å². The summed E-state index contributed by atoms with van der Waals surface area (Å²) in [7, 11) is 1.10. The topological polar surface area (TPSA) is 122 Å². The molecule has 0 atom stereocenters. The number of hydrogen-bond acceptors (Lipinski definition) is 6. The first kappa shape index (κ1) is 10.9. The Morgan fingerprint density at radius 2 is 2.00 bits per heavy atom. The highest BCUT2D eigenvalue weighted by molar-refractivity contribution is 6.01. The summed E-state index contributed by atoms with van der Waals surface area (Å²) in [4.78, 5) is 49.0. The van der Waals surface area contributed by atoms with Gasteiger partial charge in [-0.05, 0) is 0 Å². The maximum atomic E-state index is 11.5. The van der Waals surface area contributed by atoms with Gasteiger partial charge in [0.1, 0.15) is 5.39 Å². The molecule has 88 valence electrons. The molecule has 2 heterocycles. The van der Waals surface area contributed by atoms with Crippen LogP contribution in [0.2, 0.25) is 0 Å². The van der Waals surface area contributed by atoms with E-state index in [0.717, 1.165) is 13.2 Å². The van der Waals surface area contributed by atoms with Crippen LogP contribution in [0.4, 0.5) is 0 Å². The van der Waals surface area contributed by atoms with Crippen molar-refractivity contribution >= 4 is 17.1 Å². The van der Waals surface area contributed by atoms with Crippen LogP contribution in [0.25, 0.3) is 11.1 Å². The molecule has 2 aromatic rings. The van der Waals surface area contributed by atoms with Gasteiger partial charge in [-0.1, -0.05) is 0 Å². The van der Waals surface area contributed by atoms with Gasteiger partial charge in [0.25, 0.3) is 5.56 Å². The van der Waals surface area contributed by atoms with Gasteiger partial charge < -0.3 is 9.15 Å². The van der Waals surface area contributed by atoms with E-state index >= 15 is 0 Å². The summed E-state index contributed by atoms with van der Waals surface area (Å²) in [5.41, 5.74) is -3.19. The van der Waals surface area contributed by atoms with Crippen LogP contribution in [0, 0.1) is 0 Å². The average molecular weight is 238 g/mol. The normalized spacial score (nSPS) is 10.4. The van der Waals surface area contributed by atoms with Gasteiger partial charge in [0.15, 0.2) is 0 Å². The Kier molecular flexibility index (Phi) is 2.39. The number of rotatable bonds is 1. The monoisotopic (exact) mass is 238 g/mol. The van der Waals surface area contributed by atoms with Gasteiger partial charge in [-0.3, -0.25) is 14.8 Å². The van der Waals surface area contributed by atoms with Crippen LogP contribution in [0.15, 0.2) is 24.9 Å². The summed E-state index contributed by atoms with van der Waals surface area (Å²) in [6.07, 6.45) is 0. The summed E-state index contributed by atoms with van der Waals surface area (Å²) < 4.78 is 9.04. The van der Waals surface area contributed by atoms with Crippen molar-refractivity contribution in [2.45, 2.75) is 0 Å². The number of aromatic nitrogens is 2. The molecule has 0 bridgehead atoms. The predicted molar refractivity (Wildman–Crippen MR) is 55.1 cm³/mol. The van der Waals surface area contributed by atoms with Crippen molar-refractivity contribution in [1.29, 1.82) is 0 Å². The SMILES string of the molecule is COC(=O)c1cc(=O)oc2[nH]c(=O)[nH]c(=O)c12. The first-order valence-corrected chi connectivity index (χ1v) is 4.41. The van der Waals surface area contributed by atoms with Crippen molar-refractivity contribution in [3.8, 4) is 0 Å². The number of nitrogens with one attached hydrogen (secondary N) is 2. The second kappa shape index (κ2) is 3.74. The summed E-state index contributed by atoms with van der Waals surface area (Å²) in [6.45, 7) is 0. The van der Waals surface area contributed by atoms with E-state index in [-0.39, 0.29) is 16.7 Å². The number of hydrogen-bond donors (Lipinski definition) is 2. The zero-order chi connectivity index (χ0) is 12.6. The van der Waals surface area contributed by atoms with Crippen LogP contribution in [0.1, 0.15) is 10.4 Å². The van der Waals surface area contributed by atoms with E-state index in [2.05, 4.69) is 14.1 Å². The van der Waals surface area contributed by atoms with Crippen LogP contribution < -0.4 is 16.9 Å². The molecule has 17 heavy (non-hydrogen) atoms. The second-order valence-corrected chi connectivity index (χ2v) is 3.08. The summed E-state index contributed by atoms with van der Waals surface area (Å²) in [6, 6.07) is 0.821. The third-order valence-corrected chi connectivity index (χ3v) is 2.05. The smallest absolute Gasteiger partial charge is 0.339 e. The summed E-state index contributed by atoms with van der Waals surface area (Å²) in [5.74, 6) is -0.875. The fourth-order valence-corrected chi connectivity index (χ4v) is 1.38. The summed E-state index contributed by atoms with van der Waals surface area (Å²) >= 11 is 0. The van der Waals surface area contributed by atoms with Crippen LogP contribution in [0.5, 0.6) is 0 Å². The summed E-state index contributed by atoms with van der Waals surface area (Å²) in [5, 5.41) is -0.240. The molecule has 0 aromatic carbocycles. The highest BCUT2D eigenvalue weighted by Crippen LogP contribution is 2.09. The van der Waals surface area contributed by atoms with E-state index in [1.54, 1.807) is 0 Å². The minimum Gasteiger partial charge on any atom is -0.465 e. The molecular formula is C9H6N2O6. The fourth-order valence-electron chi connectivity index (χ4n) is 1.38. The highest BCUT2D eigenvalue weighted by Gasteiger charge is 2.17. The Morgan fingerprint density at radius 3 is 2.65 bits per heavy atom. The molecular weight excluding hydrogens is 232 g/mol. The molecule has 2 N–H and O–H groups in total. The lowest BCUT2D eigenvalue weighted by molar-refractivity contribution is 0.0602. The first-order valence-electron chi connectivity index (χ1n) is 4.41. The number of esters is 1. The Hall–Kier alpha value is -2.64. The molecule has 0 aliphatic rings. The van der Waals surface area contributed by atoms with Crippen molar-refractivity contribution in [2.24, 2.45) is 0 Å². The lowest BCUT2D eigenvalue weighted by Crippen LogP contribution is -2.25. The maximum absolute atomic E-state index is 11.5. The van der Waals surface area contributed by atoms with E-state index in [1.165, 1.54) is 0 Å². The van der Waals surface area contributed by atoms with Crippen LogP contribution in [-0.2, 0) is 4.74 Å². The molecule has 0 unspecified atom stereocenters. The van der Waals surface area contributed by atoms with Gasteiger partial charge >= 0.3 is 17.3 Å². The first-order chi connectivity index (χ1) is 8.02. The van der Waals surface area contributed by atoms with Crippen LogP contribution >= 0.6 is 0 Å². The minimum absolute atomic E-state index is 0.240. The van der Waals surface area contributed by atoms with E-state index in [9.17, 15) is 19.2 Å². The zero-order valence-electron chi connectivity index (χ0n) is 8.53. The highest BCUT2D eigenvalue weighted by atomic mass is 16.5.